The zero-order chi connectivity index (χ0) is 15.8. The van der Waals surface area contributed by atoms with Gasteiger partial charge in [0.05, 0.1) is 6.61 Å². The molecule has 19 heavy (non-hydrogen) atoms. The quantitative estimate of drug-likeness (QED) is 0.250. The first-order valence-electron chi connectivity index (χ1n) is 5.36. The number of nitrogens with zero attached hydrogens (tertiary/aromatic N) is 1. The van der Waals surface area contributed by atoms with E-state index in [1.165, 1.54) is 6.92 Å². The summed E-state index contributed by atoms with van der Waals surface area (Å²) in [5.74, 6) is -2.33. The summed E-state index contributed by atoms with van der Waals surface area (Å²) >= 11 is 0. The summed E-state index contributed by atoms with van der Waals surface area (Å²) in [4.78, 5) is 23.6. The van der Waals surface area contributed by atoms with Crippen LogP contribution in [0.1, 0.15) is 20.8 Å². The van der Waals surface area contributed by atoms with Gasteiger partial charge in [-0.25, -0.2) is 9.79 Å². The molecule has 0 amide bonds. The summed E-state index contributed by atoms with van der Waals surface area (Å²) < 4.78 is 0. The van der Waals surface area contributed by atoms with Crippen LogP contribution in [0.25, 0.3) is 0 Å². The highest BCUT2D eigenvalue weighted by Gasteiger charge is 2.30. The van der Waals surface area contributed by atoms with E-state index in [0.717, 1.165) is 0 Å². The van der Waals surface area contributed by atoms with Crippen molar-refractivity contribution in [3.05, 3.63) is 0 Å². The van der Waals surface area contributed by atoms with Crippen molar-refractivity contribution in [3.8, 4) is 0 Å². The first-order valence-corrected chi connectivity index (χ1v) is 5.36. The van der Waals surface area contributed by atoms with Gasteiger partial charge in [-0.1, -0.05) is 13.8 Å². The first-order chi connectivity index (χ1) is 8.45. The molecular formula is C10H22N4O5. The highest BCUT2D eigenvalue weighted by Crippen LogP contribution is 2.17. The van der Waals surface area contributed by atoms with Crippen molar-refractivity contribution < 1.29 is 24.9 Å². The molecule has 0 aromatic carbocycles. The predicted molar refractivity (Wildman–Crippen MR) is 69.4 cm³/mol. The summed E-state index contributed by atoms with van der Waals surface area (Å²) in [6.07, 6.45) is 0. The van der Waals surface area contributed by atoms with Gasteiger partial charge in [-0.15, -0.1) is 0 Å². The van der Waals surface area contributed by atoms with Gasteiger partial charge in [0, 0.05) is 5.41 Å². The highest BCUT2D eigenvalue weighted by molar-refractivity contribution is 5.81. The number of hydrogen-bond acceptors (Lipinski definition) is 5. The fourth-order valence-corrected chi connectivity index (χ4v) is 0.711. The van der Waals surface area contributed by atoms with Crippen molar-refractivity contribution in [1.29, 1.82) is 0 Å². The average Bonchev–Trinajstić information content (AvgIpc) is 2.27. The molecule has 0 aromatic rings. The monoisotopic (exact) mass is 278 g/mol. The lowest BCUT2D eigenvalue weighted by Crippen LogP contribution is -2.45. The summed E-state index contributed by atoms with van der Waals surface area (Å²) in [5, 5.41) is 25.3. The topological polar surface area (TPSA) is 185 Å². The van der Waals surface area contributed by atoms with E-state index < -0.39 is 29.4 Å². The molecule has 0 aliphatic carbocycles. The SMILES string of the molecule is CC(C)(CO)C(N)C(=O)O.CC(N=C(N)N)C(=O)O. The Bertz CT molecular complexity index is 339. The van der Waals surface area contributed by atoms with Crippen molar-refractivity contribution in [3.63, 3.8) is 0 Å². The van der Waals surface area contributed by atoms with Crippen LogP contribution in [-0.2, 0) is 9.59 Å². The second-order valence-electron chi connectivity index (χ2n) is 4.53. The highest BCUT2D eigenvalue weighted by atomic mass is 16.4. The Morgan fingerprint density at radius 1 is 1.21 bits per heavy atom. The molecule has 0 aliphatic heterocycles. The van der Waals surface area contributed by atoms with Crippen molar-refractivity contribution in [2.45, 2.75) is 32.9 Å². The molecule has 0 radical (unpaired) electrons. The van der Waals surface area contributed by atoms with Crippen molar-refractivity contribution >= 4 is 17.9 Å². The van der Waals surface area contributed by atoms with Crippen LogP contribution >= 0.6 is 0 Å². The normalized spacial score (nSPS) is 13.5. The van der Waals surface area contributed by atoms with E-state index >= 15 is 0 Å². The lowest BCUT2D eigenvalue weighted by Gasteiger charge is -2.25. The third kappa shape index (κ3) is 8.80. The van der Waals surface area contributed by atoms with Crippen LogP contribution in [0.5, 0.6) is 0 Å². The van der Waals surface area contributed by atoms with Crippen molar-refractivity contribution in [2.24, 2.45) is 27.6 Å². The Labute approximate surface area is 111 Å². The summed E-state index contributed by atoms with van der Waals surface area (Å²) in [6.45, 7) is 4.38. The van der Waals surface area contributed by atoms with E-state index in [1.54, 1.807) is 13.8 Å². The Morgan fingerprint density at radius 3 is 1.74 bits per heavy atom. The van der Waals surface area contributed by atoms with Gasteiger partial charge < -0.3 is 32.5 Å². The number of aliphatic imine (C=N–C) groups is 1. The zero-order valence-corrected chi connectivity index (χ0v) is 11.2. The lowest BCUT2D eigenvalue weighted by atomic mass is 9.86. The van der Waals surface area contributed by atoms with Crippen LogP contribution in [0.4, 0.5) is 0 Å². The van der Waals surface area contributed by atoms with E-state index in [1.807, 2.05) is 0 Å². The molecule has 0 rings (SSSR count). The standard InChI is InChI=1S/C6H13NO3.C4H9N3O2/c1-6(2,3-8)4(7)5(9)10;1-2(3(8)9)7-4(5)6/h4,8H,3,7H2,1-2H3,(H,9,10);2H,1H3,(H,8,9)(H4,5,6,7). The molecule has 0 aliphatic rings. The fourth-order valence-electron chi connectivity index (χ4n) is 0.711. The number of aliphatic hydroxyl groups excluding tert-OH is 1. The molecule has 9 N–H and O–H groups in total. The third-order valence-corrected chi connectivity index (χ3v) is 2.22. The molecule has 0 fully saturated rings. The second-order valence-corrected chi connectivity index (χ2v) is 4.53. The van der Waals surface area contributed by atoms with E-state index in [0.29, 0.717) is 0 Å². The number of aliphatic carboxylic acids is 2. The third-order valence-electron chi connectivity index (χ3n) is 2.22. The Kier molecular flexibility index (Phi) is 8.47. The summed E-state index contributed by atoms with van der Waals surface area (Å²) in [6, 6.07) is -1.85. The molecule has 0 spiro atoms. The van der Waals surface area contributed by atoms with Gasteiger partial charge in [-0.3, -0.25) is 4.79 Å². The van der Waals surface area contributed by atoms with E-state index in [4.69, 9.17) is 32.5 Å². The number of rotatable bonds is 5. The van der Waals surface area contributed by atoms with Gasteiger partial charge in [0.15, 0.2) is 5.96 Å². The van der Waals surface area contributed by atoms with Crippen molar-refractivity contribution in [1.82, 2.24) is 0 Å². The molecule has 2 atom stereocenters. The molecule has 0 aromatic heterocycles. The van der Waals surface area contributed by atoms with E-state index in [2.05, 4.69) is 4.99 Å². The summed E-state index contributed by atoms with van der Waals surface area (Å²) in [5.41, 5.74) is 14.3. The van der Waals surface area contributed by atoms with Crippen LogP contribution in [0.15, 0.2) is 4.99 Å². The molecule has 112 valence electrons. The molecule has 9 heteroatoms. The van der Waals surface area contributed by atoms with Crippen LogP contribution in [-0.4, -0.2) is 51.9 Å². The van der Waals surface area contributed by atoms with Crippen molar-refractivity contribution in [2.75, 3.05) is 6.61 Å². The maximum Gasteiger partial charge on any atom is 0.328 e. The predicted octanol–water partition coefficient (Wildman–Crippen LogP) is -1.85. The maximum absolute atomic E-state index is 10.3. The molecule has 0 heterocycles. The number of guanidine groups is 1. The summed E-state index contributed by atoms with van der Waals surface area (Å²) in [7, 11) is 0. The second kappa shape index (κ2) is 8.27. The van der Waals surface area contributed by atoms with Crippen LogP contribution < -0.4 is 17.2 Å². The minimum Gasteiger partial charge on any atom is -0.480 e. The van der Waals surface area contributed by atoms with E-state index in [-0.39, 0.29) is 12.6 Å². The van der Waals surface area contributed by atoms with Crippen LogP contribution in [0, 0.1) is 5.41 Å². The van der Waals surface area contributed by atoms with Gasteiger partial charge in [-0.05, 0) is 6.92 Å². The van der Waals surface area contributed by atoms with Crippen LogP contribution in [0.3, 0.4) is 0 Å². The van der Waals surface area contributed by atoms with Gasteiger partial charge >= 0.3 is 11.9 Å². The Morgan fingerprint density at radius 2 is 1.63 bits per heavy atom. The Hall–Kier alpha value is -1.87. The molecule has 2 unspecified atom stereocenters. The number of carbonyl (C=O) groups is 2. The number of hydrogen-bond donors (Lipinski definition) is 6. The average molecular weight is 278 g/mol. The maximum atomic E-state index is 10.3. The largest absolute Gasteiger partial charge is 0.480 e. The number of aliphatic hydroxyl groups is 1. The number of carboxylic acid groups (broad SMARTS) is 2. The molecular weight excluding hydrogens is 256 g/mol. The minimum absolute atomic E-state index is 0.204. The molecule has 0 bridgehead atoms. The van der Waals surface area contributed by atoms with Gasteiger partial charge in [-0.2, -0.15) is 0 Å². The van der Waals surface area contributed by atoms with Gasteiger partial charge in [0.1, 0.15) is 12.1 Å². The number of carboxylic acids is 2. The minimum atomic E-state index is -1.08. The van der Waals surface area contributed by atoms with Gasteiger partial charge in [0.25, 0.3) is 0 Å². The van der Waals surface area contributed by atoms with Gasteiger partial charge in [0.2, 0.25) is 0 Å². The molecule has 0 saturated heterocycles. The van der Waals surface area contributed by atoms with E-state index in [9.17, 15) is 9.59 Å². The van der Waals surface area contributed by atoms with Crippen LogP contribution in [0.2, 0.25) is 0 Å². The smallest absolute Gasteiger partial charge is 0.328 e. The fraction of sp³-hybridized carbons (Fsp3) is 0.700. The Balaban J connectivity index is 0. The zero-order valence-electron chi connectivity index (χ0n) is 11.2. The first kappa shape index (κ1) is 19.5. The molecule has 9 nitrogen and oxygen atoms in total. The molecule has 0 saturated carbocycles. The lowest BCUT2D eigenvalue weighted by molar-refractivity contribution is -0.142. The number of nitrogens with two attached hydrogens (primary N) is 3.